The van der Waals surface area contributed by atoms with Crippen LogP contribution in [0, 0.1) is 5.92 Å². The highest BCUT2D eigenvalue weighted by Crippen LogP contribution is 2.22. The van der Waals surface area contributed by atoms with Gasteiger partial charge in [-0.15, -0.1) is 0 Å². The van der Waals surface area contributed by atoms with Gasteiger partial charge in [0.25, 0.3) is 0 Å². The zero-order valence-electron chi connectivity index (χ0n) is 13.6. The number of nitrogens with one attached hydrogen (secondary N) is 1. The van der Waals surface area contributed by atoms with Crippen LogP contribution in [-0.4, -0.2) is 35.9 Å². The van der Waals surface area contributed by atoms with E-state index in [9.17, 15) is 0 Å². The molecule has 0 amide bonds. The van der Waals surface area contributed by atoms with Crippen LogP contribution in [0.4, 0.5) is 11.6 Å². The molecule has 1 atom stereocenters. The third kappa shape index (κ3) is 5.19. The Labute approximate surface area is 127 Å². The summed E-state index contributed by atoms with van der Waals surface area (Å²) >= 11 is 1.58. The molecular formula is C15H28N4S. The Balaban J connectivity index is 2.91. The van der Waals surface area contributed by atoms with E-state index in [0.29, 0.717) is 12.0 Å². The number of anilines is 2. The number of thioether (sulfide) groups is 1. The van der Waals surface area contributed by atoms with Crippen LogP contribution in [0.1, 0.15) is 40.5 Å². The molecule has 0 bridgehead atoms. The number of hydrogen-bond acceptors (Lipinski definition) is 5. The summed E-state index contributed by atoms with van der Waals surface area (Å²) < 4.78 is 0. The fourth-order valence-corrected chi connectivity index (χ4v) is 2.47. The first-order valence-electron chi connectivity index (χ1n) is 7.37. The van der Waals surface area contributed by atoms with Crippen molar-refractivity contribution >= 4 is 23.4 Å². The molecule has 1 unspecified atom stereocenters. The van der Waals surface area contributed by atoms with Gasteiger partial charge in [-0.1, -0.05) is 32.5 Å². The minimum absolute atomic E-state index is 0.471. The van der Waals surface area contributed by atoms with Gasteiger partial charge in [0.1, 0.15) is 11.6 Å². The van der Waals surface area contributed by atoms with Crippen LogP contribution in [0.15, 0.2) is 11.2 Å². The topological polar surface area (TPSA) is 41.0 Å². The van der Waals surface area contributed by atoms with Gasteiger partial charge in [-0.05, 0) is 31.9 Å². The lowest BCUT2D eigenvalue weighted by atomic mass is 10.0. The lowest BCUT2D eigenvalue weighted by molar-refractivity contribution is 0.501. The molecule has 0 aromatic carbocycles. The molecule has 0 saturated carbocycles. The fourth-order valence-electron chi connectivity index (χ4n) is 2.09. The van der Waals surface area contributed by atoms with Crippen molar-refractivity contribution in [1.82, 2.24) is 9.97 Å². The van der Waals surface area contributed by atoms with E-state index in [1.807, 2.05) is 12.3 Å². The van der Waals surface area contributed by atoms with Gasteiger partial charge in [0.15, 0.2) is 5.16 Å². The summed E-state index contributed by atoms with van der Waals surface area (Å²) in [5, 5.41) is 4.18. The monoisotopic (exact) mass is 296 g/mol. The molecule has 20 heavy (non-hydrogen) atoms. The van der Waals surface area contributed by atoms with Crippen molar-refractivity contribution in [1.29, 1.82) is 0 Å². The second-order valence-corrected chi connectivity index (χ2v) is 6.39. The van der Waals surface area contributed by atoms with Gasteiger partial charge >= 0.3 is 0 Å². The lowest BCUT2D eigenvalue weighted by Gasteiger charge is -2.27. The van der Waals surface area contributed by atoms with Crippen molar-refractivity contribution in [2.75, 3.05) is 30.1 Å². The molecule has 0 aliphatic carbocycles. The molecule has 1 aromatic heterocycles. The summed E-state index contributed by atoms with van der Waals surface area (Å²) in [5.41, 5.74) is 0. The predicted octanol–water partition coefficient (Wildman–Crippen LogP) is 3.89. The molecule has 114 valence electrons. The van der Waals surface area contributed by atoms with E-state index in [1.54, 1.807) is 11.8 Å². The normalized spacial score (nSPS) is 12.6. The van der Waals surface area contributed by atoms with Crippen molar-refractivity contribution in [3.05, 3.63) is 6.07 Å². The summed E-state index contributed by atoms with van der Waals surface area (Å²) in [4.78, 5) is 11.4. The standard InChI is InChI=1S/C15H28N4S/c1-7-8-16-13-10-14(18-15(17-13)20-6)19(5)12(4)9-11(2)3/h10-12H,7-9H2,1-6H3,(H,16,17,18). The van der Waals surface area contributed by atoms with E-state index in [2.05, 4.69) is 54.9 Å². The molecule has 0 aliphatic heterocycles. The van der Waals surface area contributed by atoms with Gasteiger partial charge in [-0.2, -0.15) is 0 Å². The van der Waals surface area contributed by atoms with Crippen LogP contribution >= 0.6 is 11.8 Å². The first-order valence-corrected chi connectivity index (χ1v) is 8.60. The molecule has 0 spiro atoms. The molecule has 1 rings (SSSR count). The van der Waals surface area contributed by atoms with Crippen LogP contribution in [0.2, 0.25) is 0 Å². The maximum Gasteiger partial charge on any atom is 0.191 e. The molecule has 1 heterocycles. The van der Waals surface area contributed by atoms with E-state index in [0.717, 1.165) is 36.2 Å². The highest BCUT2D eigenvalue weighted by molar-refractivity contribution is 7.98. The predicted molar refractivity (Wildman–Crippen MR) is 89.9 cm³/mol. The second kappa shape index (κ2) is 8.35. The van der Waals surface area contributed by atoms with E-state index in [1.165, 1.54) is 0 Å². The highest BCUT2D eigenvalue weighted by Gasteiger charge is 2.15. The van der Waals surface area contributed by atoms with Gasteiger partial charge < -0.3 is 10.2 Å². The van der Waals surface area contributed by atoms with Crippen molar-refractivity contribution in [2.24, 2.45) is 5.92 Å². The smallest absolute Gasteiger partial charge is 0.191 e. The number of nitrogens with zero attached hydrogens (tertiary/aromatic N) is 3. The SMILES string of the molecule is CCCNc1cc(N(C)C(C)CC(C)C)nc(SC)n1. The first kappa shape index (κ1) is 17.1. The van der Waals surface area contributed by atoms with Gasteiger partial charge in [0, 0.05) is 25.7 Å². The number of aromatic nitrogens is 2. The molecule has 0 saturated heterocycles. The van der Waals surface area contributed by atoms with Crippen molar-refractivity contribution in [3.8, 4) is 0 Å². The molecule has 1 N–H and O–H groups in total. The van der Waals surface area contributed by atoms with Crippen molar-refractivity contribution in [2.45, 2.75) is 51.7 Å². The summed E-state index contributed by atoms with van der Waals surface area (Å²) in [7, 11) is 2.11. The Morgan fingerprint density at radius 1 is 1.30 bits per heavy atom. The average molecular weight is 296 g/mol. The average Bonchev–Trinajstić information content (AvgIpc) is 2.43. The van der Waals surface area contributed by atoms with Gasteiger partial charge in [-0.3, -0.25) is 0 Å². The van der Waals surface area contributed by atoms with Crippen molar-refractivity contribution < 1.29 is 0 Å². The minimum Gasteiger partial charge on any atom is -0.370 e. The highest BCUT2D eigenvalue weighted by atomic mass is 32.2. The Kier molecular flexibility index (Phi) is 7.13. The number of hydrogen-bond donors (Lipinski definition) is 1. The molecule has 0 aliphatic rings. The van der Waals surface area contributed by atoms with Gasteiger partial charge in [0.2, 0.25) is 0 Å². The Morgan fingerprint density at radius 2 is 2.00 bits per heavy atom. The Hall–Kier alpha value is -0.970. The second-order valence-electron chi connectivity index (χ2n) is 5.61. The van der Waals surface area contributed by atoms with Crippen LogP contribution in [0.5, 0.6) is 0 Å². The quantitative estimate of drug-likeness (QED) is 0.582. The summed E-state index contributed by atoms with van der Waals surface area (Å²) in [6.45, 7) is 9.86. The zero-order chi connectivity index (χ0) is 15.1. The maximum atomic E-state index is 4.63. The lowest BCUT2D eigenvalue weighted by Crippen LogP contribution is -2.31. The van der Waals surface area contributed by atoms with Crippen LogP contribution in [0.25, 0.3) is 0 Å². The first-order chi connectivity index (χ1) is 9.47. The largest absolute Gasteiger partial charge is 0.370 e. The third-order valence-corrected chi connectivity index (χ3v) is 3.81. The summed E-state index contributed by atoms with van der Waals surface area (Å²) in [6, 6.07) is 2.52. The van der Waals surface area contributed by atoms with Crippen LogP contribution in [-0.2, 0) is 0 Å². The number of rotatable bonds is 8. The minimum atomic E-state index is 0.471. The molecule has 0 radical (unpaired) electrons. The van der Waals surface area contributed by atoms with Crippen molar-refractivity contribution in [3.63, 3.8) is 0 Å². The molecule has 1 aromatic rings. The van der Waals surface area contributed by atoms with Gasteiger partial charge in [0.05, 0.1) is 0 Å². The Bertz CT molecular complexity index is 409. The van der Waals surface area contributed by atoms with Gasteiger partial charge in [-0.25, -0.2) is 9.97 Å². The molecule has 4 nitrogen and oxygen atoms in total. The van der Waals surface area contributed by atoms with Crippen LogP contribution in [0.3, 0.4) is 0 Å². The van der Waals surface area contributed by atoms with Crippen LogP contribution < -0.4 is 10.2 Å². The maximum absolute atomic E-state index is 4.63. The molecule has 0 fully saturated rings. The zero-order valence-corrected chi connectivity index (χ0v) is 14.4. The molecular weight excluding hydrogens is 268 g/mol. The summed E-state index contributed by atoms with van der Waals surface area (Å²) in [6.07, 6.45) is 4.26. The Morgan fingerprint density at radius 3 is 2.55 bits per heavy atom. The third-order valence-electron chi connectivity index (χ3n) is 3.27. The fraction of sp³-hybridized carbons (Fsp3) is 0.733. The molecule has 5 heteroatoms. The van der Waals surface area contributed by atoms with E-state index < -0.39 is 0 Å². The van der Waals surface area contributed by atoms with E-state index in [4.69, 9.17) is 0 Å². The van der Waals surface area contributed by atoms with E-state index in [-0.39, 0.29) is 0 Å². The summed E-state index contributed by atoms with van der Waals surface area (Å²) in [5.74, 6) is 2.60. The van der Waals surface area contributed by atoms with E-state index >= 15 is 0 Å².